The van der Waals surface area contributed by atoms with Crippen molar-refractivity contribution in [3.63, 3.8) is 0 Å². The summed E-state index contributed by atoms with van der Waals surface area (Å²) in [6.45, 7) is 0.894. The summed E-state index contributed by atoms with van der Waals surface area (Å²) in [6.07, 6.45) is 1.15. The molecular weight excluding hydrogens is 412 g/mol. The van der Waals surface area contributed by atoms with Gasteiger partial charge in [0, 0.05) is 18.7 Å². The second-order valence-electron chi connectivity index (χ2n) is 7.70. The van der Waals surface area contributed by atoms with E-state index in [1.165, 1.54) is 0 Å². The molecule has 1 unspecified atom stereocenters. The number of hydrogen-bond donors (Lipinski definition) is 3. The number of nitrogens with one attached hydrogen (secondary N) is 2. The summed E-state index contributed by atoms with van der Waals surface area (Å²) in [7, 11) is -3.84. The Hall–Kier alpha value is -3.23. The summed E-state index contributed by atoms with van der Waals surface area (Å²) < 4.78 is 28.5. The van der Waals surface area contributed by atoms with Crippen LogP contribution >= 0.6 is 0 Å². The minimum absolute atomic E-state index is 0.0344. The van der Waals surface area contributed by atoms with E-state index in [9.17, 15) is 13.2 Å². The van der Waals surface area contributed by atoms with Gasteiger partial charge < -0.3 is 10.6 Å². The van der Waals surface area contributed by atoms with E-state index in [0.29, 0.717) is 31.5 Å². The number of piperidine rings is 1. The van der Waals surface area contributed by atoms with Crippen molar-refractivity contribution in [2.75, 3.05) is 6.54 Å². The number of likely N-dealkylation sites (tertiary alicyclic amines) is 1. The largest absolute Gasteiger partial charge is 0.384 e. The van der Waals surface area contributed by atoms with E-state index < -0.39 is 16.1 Å². The van der Waals surface area contributed by atoms with Crippen LogP contribution < -0.4 is 10.5 Å². The van der Waals surface area contributed by atoms with E-state index in [1.807, 2.05) is 30.3 Å². The highest BCUT2D eigenvalue weighted by Gasteiger charge is 2.32. The number of benzene rings is 3. The quantitative estimate of drug-likeness (QED) is 0.407. The fraction of sp³-hybridized carbons (Fsp3) is 0.217. The van der Waals surface area contributed by atoms with Gasteiger partial charge in [0.1, 0.15) is 11.9 Å². The van der Waals surface area contributed by atoms with Crippen LogP contribution in [0.15, 0.2) is 71.6 Å². The third-order valence-electron chi connectivity index (χ3n) is 5.47. The number of rotatable bonds is 6. The first-order valence-corrected chi connectivity index (χ1v) is 11.5. The Balaban J connectivity index is 1.50. The van der Waals surface area contributed by atoms with Crippen LogP contribution in [0, 0.1) is 5.41 Å². The maximum atomic E-state index is 13.0. The molecule has 7 nitrogen and oxygen atoms in total. The van der Waals surface area contributed by atoms with Crippen LogP contribution in [0.2, 0.25) is 0 Å². The number of nitrogen functional groups attached to an aromatic ring is 1. The number of amides is 1. The second-order valence-corrected chi connectivity index (χ2v) is 9.41. The molecule has 0 aromatic heterocycles. The Morgan fingerprint density at radius 1 is 1.06 bits per heavy atom. The van der Waals surface area contributed by atoms with Crippen molar-refractivity contribution in [1.82, 2.24) is 9.62 Å². The lowest BCUT2D eigenvalue weighted by Crippen LogP contribution is -2.51. The lowest BCUT2D eigenvalue weighted by Gasteiger charge is -2.32. The molecule has 1 amide bonds. The molecule has 4 rings (SSSR count). The van der Waals surface area contributed by atoms with Gasteiger partial charge in [0.15, 0.2) is 0 Å². The molecular formula is C23H24N4O3S. The second kappa shape index (κ2) is 8.49. The maximum Gasteiger partial charge on any atom is 0.241 e. The highest BCUT2D eigenvalue weighted by atomic mass is 32.2. The average molecular weight is 437 g/mol. The van der Waals surface area contributed by atoms with Crippen molar-refractivity contribution in [3.05, 3.63) is 77.9 Å². The Morgan fingerprint density at radius 2 is 1.84 bits per heavy atom. The van der Waals surface area contributed by atoms with Gasteiger partial charge in [-0.2, -0.15) is 4.72 Å². The molecule has 3 aromatic rings. The minimum Gasteiger partial charge on any atom is -0.384 e. The molecule has 4 N–H and O–H groups in total. The molecule has 1 saturated heterocycles. The Kier molecular flexibility index (Phi) is 5.75. The van der Waals surface area contributed by atoms with Gasteiger partial charge in [-0.1, -0.05) is 48.5 Å². The number of carbonyl (C=O) groups is 1. The third kappa shape index (κ3) is 4.60. The summed E-state index contributed by atoms with van der Waals surface area (Å²) in [5.74, 6) is -0.281. The summed E-state index contributed by atoms with van der Waals surface area (Å²) in [4.78, 5) is 14.8. The third-order valence-corrected chi connectivity index (χ3v) is 6.94. The first kappa shape index (κ1) is 21.0. The molecule has 1 aliphatic rings. The number of carbonyl (C=O) groups excluding carboxylic acids is 1. The van der Waals surface area contributed by atoms with Crippen molar-refractivity contribution < 1.29 is 13.2 Å². The number of nitrogens with zero attached hydrogens (tertiary/aromatic N) is 1. The van der Waals surface area contributed by atoms with Crippen molar-refractivity contribution in [2.45, 2.75) is 30.3 Å². The van der Waals surface area contributed by atoms with Crippen LogP contribution in [-0.2, 0) is 21.4 Å². The average Bonchev–Trinajstić information content (AvgIpc) is 2.76. The molecule has 0 saturated carbocycles. The van der Waals surface area contributed by atoms with Gasteiger partial charge in [0.25, 0.3) is 0 Å². The van der Waals surface area contributed by atoms with Gasteiger partial charge in [-0.15, -0.1) is 0 Å². The Morgan fingerprint density at radius 3 is 2.61 bits per heavy atom. The van der Waals surface area contributed by atoms with Crippen LogP contribution in [-0.4, -0.2) is 37.6 Å². The fourth-order valence-electron chi connectivity index (χ4n) is 3.85. The Labute approximate surface area is 181 Å². The number of fused-ring (bicyclic) bond motifs is 1. The number of sulfonamides is 1. The first-order chi connectivity index (χ1) is 14.8. The van der Waals surface area contributed by atoms with Crippen molar-refractivity contribution in [2.24, 2.45) is 5.73 Å². The molecule has 160 valence electrons. The van der Waals surface area contributed by atoms with Gasteiger partial charge in [0.05, 0.1) is 4.90 Å². The van der Waals surface area contributed by atoms with E-state index in [-0.39, 0.29) is 16.6 Å². The fourth-order valence-corrected chi connectivity index (χ4v) is 5.11. The van der Waals surface area contributed by atoms with E-state index in [0.717, 1.165) is 16.3 Å². The molecule has 1 heterocycles. The minimum atomic E-state index is -3.84. The SMILES string of the molecule is N=C(N)c1cccc(CN2CCCC(NS(=O)(=O)c3ccc4ccccc4c3)C2=O)c1. The van der Waals surface area contributed by atoms with Gasteiger partial charge in [-0.3, -0.25) is 10.2 Å². The van der Waals surface area contributed by atoms with Gasteiger partial charge in [-0.25, -0.2) is 8.42 Å². The molecule has 1 fully saturated rings. The van der Waals surface area contributed by atoms with Crippen molar-refractivity contribution in [1.29, 1.82) is 5.41 Å². The van der Waals surface area contributed by atoms with Crippen LogP contribution in [0.5, 0.6) is 0 Å². The zero-order valence-corrected chi connectivity index (χ0v) is 17.7. The molecule has 0 spiro atoms. The summed E-state index contributed by atoms with van der Waals surface area (Å²) in [5, 5.41) is 9.35. The zero-order valence-electron chi connectivity index (χ0n) is 16.9. The number of amidine groups is 1. The molecule has 0 aliphatic carbocycles. The molecule has 0 bridgehead atoms. The lowest BCUT2D eigenvalue weighted by molar-refractivity contribution is -0.136. The standard InChI is InChI=1S/C23H24N4O3S/c24-22(25)19-8-3-5-16(13-19)15-27-12-4-9-21(23(27)28)26-31(29,30)20-11-10-17-6-1-2-7-18(17)14-20/h1-3,5-8,10-11,13-14,21,26H,4,9,12,15H2,(H3,24,25). The molecule has 1 aliphatic heterocycles. The van der Waals surface area contributed by atoms with E-state index in [2.05, 4.69) is 4.72 Å². The predicted octanol–water partition coefficient (Wildman–Crippen LogP) is 2.59. The van der Waals surface area contributed by atoms with Gasteiger partial charge >= 0.3 is 0 Å². The maximum absolute atomic E-state index is 13.0. The van der Waals surface area contributed by atoms with Crippen LogP contribution in [0.4, 0.5) is 0 Å². The molecule has 1 atom stereocenters. The van der Waals surface area contributed by atoms with E-state index in [4.69, 9.17) is 11.1 Å². The molecule has 31 heavy (non-hydrogen) atoms. The number of nitrogens with two attached hydrogens (primary N) is 1. The highest BCUT2D eigenvalue weighted by molar-refractivity contribution is 7.89. The molecule has 0 radical (unpaired) electrons. The highest BCUT2D eigenvalue weighted by Crippen LogP contribution is 2.21. The Bertz CT molecular complexity index is 1260. The monoisotopic (exact) mass is 436 g/mol. The van der Waals surface area contributed by atoms with E-state index >= 15 is 0 Å². The van der Waals surface area contributed by atoms with Crippen LogP contribution in [0.1, 0.15) is 24.0 Å². The van der Waals surface area contributed by atoms with Crippen molar-refractivity contribution >= 4 is 32.5 Å². The number of hydrogen-bond acceptors (Lipinski definition) is 4. The molecule has 8 heteroatoms. The lowest BCUT2D eigenvalue weighted by atomic mass is 10.0. The van der Waals surface area contributed by atoms with Gasteiger partial charge in [-0.05, 0) is 47.4 Å². The normalized spacial score (nSPS) is 17.1. The summed E-state index contributed by atoms with van der Waals surface area (Å²) >= 11 is 0. The topological polar surface area (TPSA) is 116 Å². The van der Waals surface area contributed by atoms with Crippen LogP contribution in [0.3, 0.4) is 0 Å². The first-order valence-electron chi connectivity index (χ1n) is 10.1. The van der Waals surface area contributed by atoms with E-state index in [1.54, 1.807) is 41.3 Å². The zero-order chi connectivity index (χ0) is 22.0. The molecule has 3 aromatic carbocycles. The van der Waals surface area contributed by atoms with Crippen molar-refractivity contribution in [3.8, 4) is 0 Å². The summed E-state index contributed by atoms with van der Waals surface area (Å²) in [5.41, 5.74) is 6.99. The predicted molar refractivity (Wildman–Crippen MR) is 120 cm³/mol. The summed E-state index contributed by atoms with van der Waals surface area (Å²) in [6, 6.07) is 18.8. The smallest absolute Gasteiger partial charge is 0.241 e. The van der Waals surface area contributed by atoms with Gasteiger partial charge in [0.2, 0.25) is 15.9 Å². The van der Waals surface area contributed by atoms with Crippen LogP contribution in [0.25, 0.3) is 10.8 Å².